The first-order chi connectivity index (χ1) is 12.4. The van der Waals surface area contributed by atoms with Crippen LogP contribution in [0.2, 0.25) is 10.0 Å². The Bertz CT molecular complexity index is 700. The zero-order valence-electron chi connectivity index (χ0n) is 14.1. The Morgan fingerprint density at radius 3 is 2.15 bits per heavy atom. The van der Waals surface area contributed by atoms with E-state index >= 15 is 0 Å². The molecule has 0 saturated carbocycles. The molecule has 140 valence electrons. The van der Waals surface area contributed by atoms with E-state index in [1.54, 1.807) is 28.0 Å². The number of nitrogens with zero attached hydrogens (tertiary/aromatic N) is 3. The number of ether oxygens (including phenoxy) is 1. The summed E-state index contributed by atoms with van der Waals surface area (Å²) in [6.45, 7) is 3.07. The number of halogens is 2. The van der Waals surface area contributed by atoms with Gasteiger partial charge in [-0.1, -0.05) is 23.2 Å². The Balaban J connectivity index is 1.49. The van der Waals surface area contributed by atoms with Crippen molar-refractivity contribution in [2.75, 3.05) is 45.9 Å². The predicted octanol–water partition coefficient (Wildman–Crippen LogP) is 2.12. The number of piperazine rings is 1. The fourth-order valence-corrected chi connectivity index (χ4v) is 3.56. The van der Waals surface area contributed by atoms with Gasteiger partial charge >= 0.3 is 6.09 Å². The number of carbonyl (C=O) groups excluding carboxylic acids is 3. The maximum absolute atomic E-state index is 12.6. The van der Waals surface area contributed by atoms with Crippen LogP contribution in [0.15, 0.2) is 18.2 Å². The highest BCUT2D eigenvalue weighted by Crippen LogP contribution is 2.21. The zero-order chi connectivity index (χ0) is 18.7. The molecule has 1 aromatic carbocycles. The van der Waals surface area contributed by atoms with Crippen LogP contribution < -0.4 is 0 Å². The molecule has 2 saturated heterocycles. The quantitative estimate of drug-likeness (QED) is 0.777. The van der Waals surface area contributed by atoms with E-state index in [1.807, 2.05) is 0 Å². The van der Waals surface area contributed by atoms with E-state index in [0.717, 1.165) is 0 Å². The molecule has 0 radical (unpaired) electrons. The number of benzene rings is 1. The van der Waals surface area contributed by atoms with Crippen LogP contribution in [0.4, 0.5) is 4.79 Å². The van der Waals surface area contributed by atoms with Gasteiger partial charge in [0.05, 0.1) is 6.54 Å². The van der Waals surface area contributed by atoms with Crippen molar-refractivity contribution in [1.29, 1.82) is 0 Å². The van der Waals surface area contributed by atoms with Crippen molar-refractivity contribution in [3.05, 3.63) is 33.8 Å². The van der Waals surface area contributed by atoms with Gasteiger partial charge in [-0.25, -0.2) is 4.79 Å². The van der Waals surface area contributed by atoms with Gasteiger partial charge in [-0.2, -0.15) is 0 Å². The molecule has 3 rings (SSSR count). The smallest absolute Gasteiger partial charge is 0.409 e. The van der Waals surface area contributed by atoms with Crippen LogP contribution in [0.25, 0.3) is 0 Å². The van der Waals surface area contributed by atoms with Gasteiger partial charge in [0.15, 0.2) is 0 Å². The van der Waals surface area contributed by atoms with E-state index in [9.17, 15) is 14.4 Å². The van der Waals surface area contributed by atoms with Gasteiger partial charge in [0, 0.05) is 54.8 Å². The summed E-state index contributed by atoms with van der Waals surface area (Å²) in [5, 5.41) is 0.824. The number of cyclic esters (lactones) is 1. The molecule has 9 heteroatoms. The fourth-order valence-electron chi connectivity index (χ4n) is 3.04. The molecule has 2 heterocycles. The maximum Gasteiger partial charge on any atom is 0.409 e. The van der Waals surface area contributed by atoms with Gasteiger partial charge in [0.25, 0.3) is 5.91 Å². The molecular weight excluding hydrogens is 381 g/mol. The normalized spacial score (nSPS) is 17.5. The maximum atomic E-state index is 12.6. The van der Waals surface area contributed by atoms with Gasteiger partial charge in [-0.05, 0) is 18.2 Å². The second-order valence-electron chi connectivity index (χ2n) is 6.18. The second-order valence-corrected chi connectivity index (χ2v) is 7.06. The summed E-state index contributed by atoms with van der Waals surface area (Å²) in [5.41, 5.74) is 0.440. The minimum Gasteiger partial charge on any atom is -0.448 e. The molecule has 2 fully saturated rings. The number of carbonyl (C=O) groups is 3. The molecule has 0 aromatic heterocycles. The Morgan fingerprint density at radius 2 is 1.58 bits per heavy atom. The summed E-state index contributed by atoms with van der Waals surface area (Å²) in [4.78, 5) is 41.2. The molecule has 0 bridgehead atoms. The highest BCUT2D eigenvalue weighted by atomic mass is 35.5. The van der Waals surface area contributed by atoms with Gasteiger partial charge in [0.2, 0.25) is 5.91 Å². The van der Waals surface area contributed by atoms with Crippen LogP contribution in [0, 0.1) is 0 Å². The molecule has 2 aliphatic heterocycles. The molecule has 0 spiro atoms. The predicted molar refractivity (Wildman–Crippen MR) is 96.5 cm³/mol. The van der Waals surface area contributed by atoms with Gasteiger partial charge in [-0.15, -0.1) is 0 Å². The van der Waals surface area contributed by atoms with Crippen molar-refractivity contribution in [2.24, 2.45) is 0 Å². The third-order valence-electron chi connectivity index (χ3n) is 4.47. The lowest BCUT2D eigenvalue weighted by Crippen LogP contribution is -2.51. The summed E-state index contributed by atoms with van der Waals surface area (Å²) >= 11 is 11.9. The van der Waals surface area contributed by atoms with E-state index < -0.39 is 0 Å². The first kappa shape index (κ1) is 18.8. The molecule has 0 atom stereocenters. The molecule has 26 heavy (non-hydrogen) atoms. The monoisotopic (exact) mass is 399 g/mol. The highest BCUT2D eigenvalue weighted by Gasteiger charge is 2.27. The molecule has 1 aromatic rings. The number of hydrogen-bond donors (Lipinski definition) is 0. The topological polar surface area (TPSA) is 70.2 Å². The Morgan fingerprint density at radius 1 is 0.962 bits per heavy atom. The first-order valence-electron chi connectivity index (χ1n) is 8.39. The standard InChI is InChI=1S/C17H19Cl2N3O4/c18-13-9-12(10-14(19)11-13)16(24)21-5-3-20(4-6-21)15(23)1-2-22-7-8-26-17(22)25/h9-11H,1-8H2. The van der Waals surface area contributed by atoms with Gasteiger partial charge < -0.3 is 19.4 Å². The summed E-state index contributed by atoms with van der Waals surface area (Å²) in [6, 6.07) is 4.75. The van der Waals surface area contributed by atoms with E-state index in [4.69, 9.17) is 27.9 Å². The largest absolute Gasteiger partial charge is 0.448 e. The molecule has 0 unspecified atom stereocenters. The summed E-state index contributed by atoms with van der Waals surface area (Å²) in [5.74, 6) is -0.177. The van der Waals surface area contributed by atoms with Gasteiger partial charge in [-0.3, -0.25) is 9.59 Å². The summed E-state index contributed by atoms with van der Waals surface area (Å²) < 4.78 is 4.84. The lowest BCUT2D eigenvalue weighted by Gasteiger charge is -2.35. The van der Waals surface area contributed by atoms with Crippen molar-refractivity contribution >= 4 is 41.1 Å². The molecule has 0 N–H and O–H groups in total. The van der Waals surface area contributed by atoms with Crippen molar-refractivity contribution in [1.82, 2.24) is 14.7 Å². The summed E-state index contributed by atoms with van der Waals surface area (Å²) in [6.07, 6.45) is -0.110. The average molecular weight is 400 g/mol. The van der Waals surface area contributed by atoms with Crippen molar-refractivity contribution in [2.45, 2.75) is 6.42 Å². The highest BCUT2D eigenvalue weighted by molar-refractivity contribution is 6.35. The molecule has 3 amide bonds. The van der Waals surface area contributed by atoms with Crippen molar-refractivity contribution in [3.63, 3.8) is 0 Å². The summed E-state index contributed by atoms with van der Waals surface area (Å²) in [7, 11) is 0. The third kappa shape index (κ3) is 4.40. The van der Waals surface area contributed by atoms with Crippen molar-refractivity contribution in [3.8, 4) is 0 Å². The van der Waals surface area contributed by atoms with Crippen molar-refractivity contribution < 1.29 is 19.1 Å². The zero-order valence-corrected chi connectivity index (χ0v) is 15.6. The lowest BCUT2D eigenvalue weighted by atomic mass is 10.1. The SMILES string of the molecule is O=C(CCN1CCOC1=O)N1CCN(C(=O)c2cc(Cl)cc(Cl)c2)CC1. The van der Waals surface area contributed by atoms with Crippen LogP contribution in [-0.2, 0) is 9.53 Å². The van der Waals surface area contributed by atoms with Gasteiger partial charge in [0.1, 0.15) is 6.61 Å². The first-order valence-corrected chi connectivity index (χ1v) is 9.14. The van der Waals surface area contributed by atoms with E-state index in [2.05, 4.69) is 0 Å². The van der Waals surface area contributed by atoms with Crippen LogP contribution in [-0.4, -0.2) is 78.5 Å². The number of amides is 3. The third-order valence-corrected chi connectivity index (χ3v) is 4.91. The number of hydrogen-bond acceptors (Lipinski definition) is 4. The minimum absolute atomic E-state index is 0.0254. The van der Waals surface area contributed by atoms with E-state index in [1.165, 1.54) is 4.90 Å². The average Bonchev–Trinajstić information content (AvgIpc) is 3.03. The molecule has 2 aliphatic rings. The van der Waals surface area contributed by atoms with Crippen LogP contribution in [0.3, 0.4) is 0 Å². The van der Waals surface area contributed by atoms with Crippen LogP contribution in [0.1, 0.15) is 16.8 Å². The molecular formula is C17H19Cl2N3O4. The van der Waals surface area contributed by atoms with E-state index in [0.29, 0.717) is 61.5 Å². The Labute approximate surface area is 161 Å². The van der Waals surface area contributed by atoms with Crippen LogP contribution >= 0.6 is 23.2 Å². The van der Waals surface area contributed by atoms with E-state index in [-0.39, 0.29) is 24.3 Å². The second kappa shape index (κ2) is 8.14. The molecule has 7 nitrogen and oxygen atoms in total. The fraction of sp³-hybridized carbons (Fsp3) is 0.471. The Hall–Kier alpha value is -1.99. The lowest BCUT2D eigenvalue weighted by molar-refractivity contribution is -0.132. The minimum atomic E-state index is -0.367. The molecule has 0 aliphatic carbocycles. The Kier molecular flexibility index (Phi) is 5.88. The number of rotatable bonds is 4. The van der Waals surface area contributed by atoms with Crippen LogP contribution in [0.5, 0.6) is 0 Å².